The molecule has 1 aliphatic rings. The van der Waals surface area contributed by atoms with E-state index in [4.69, 9.17) is 0 Å². The Bertz CT molecular complexity index is 404. The standard InChI is InChI=1S/C8H11N3O2S/c12-14(13)5-2-7(6-14)11-8-9-3-1-4-10-8/h1,3-4,7H,2,5-6H2,(H,9,10,11). The summed E-state index contributed by atoms with van der Waals surface area (Å²) in [7, 11) is -2.83. The van der Waals surface area contributed by atoms with E-state index in [1.165, 1.54) is 0 Å². The first kappa shape index (κ1) is 9.39. The van der Waals surface area contributed by atoms with Gasteiger partial charge in [0.1, 0.15) is 0 Å². The molecule has 0 aliphatic carbocycles. The molecule has 14 heavy (non-hydrogen) atoms. The average molecular weight is 213 g/mol. The van der Waals surface area contributed by atoms with Crippen LogP contribution < -0.4 is 5.32 Å². The summed E-state index contributed by atoms with van der Waals surface area (Å²) in [5.41, 5.74) is 0. The van der Waals surface area contributed by atoms with Crippen LogP contribution in [-0.2, 0) is 9.84 Å². The zero-order valence-electron chi connectivity index (χ0n) is 7.55. The first-order valence-corrected chi connectivity index (χ1v) is 6.22. The summed E-state index contributed by atoms with van der Waals surface area (Å²) in [5.74, 6) is 0.942. The van der Waals surface area contributed by atoms with E-state index in [1.54, 1.807) is 18.5 Å². The molecule has 0 spiro atoms. The monoisotopic (exact) mass is 213 g/mol. The summed E-state index contributed by atoms with van der Waals surface area (Å²) < 4.78 is 22.3. The van der Waals surface area contributed by atoms with Crippen molar-refractivity contribution >= 4 is 15.8 Å². The highest BCUT2D eigenvalue weighted by Gasteiger charge is 2.27. The fourth-order valence-electron chi connectivity index (χ4n) is 1.47. The molecular formula is C8H11N3O2S. The first-order chi connectivity index (χ1) is 6.66. The van der Waals surface area contributed by atoms with Crippen LogP contribution in [0.1, 0.15) is 6.42 Å². The number of nitrogens with zero attached hydrogens (tertiary/aromatic N) is 2. The number of rotatable bonds is 2. The Balaban J connectivity index is 2.01. The second-order valence-electron chi connectivity index (χ2n) is 3.32. The molecule has 1 atom stereocenters. The minimum atomic E-state index is -2.83. The van der Waals surface area contributed by atoms with Gasteiger partial charge in [-0.05, 0) is 12.5 Å². The van der Waals surface area contributed by atoms with Gasteiger partial charge in [0.05, 0.1) is 11.5 Å². The van der Waals surface area contributed by atoms with Crippen molar-refractivity contribution in [1.29, 1.82) is 0 Å². The van der Waals surface area contributed by atoms with E-state index >= 15 is 0 Å². The molecule has 2 rings (SSSR count). The molecule has 0 amide bonds. The summed E-state index contributed by atoms with van der Waals surface area (Å²) in [6, 6.07) is 1.68. The fraction of sp³-hybridized carbons (Fsp3) is 0.500. The van der Waals surface area contributed by atoms with Gasteiger partial charge >= 0.3 is 0 Å². The third-order valence-corrected chi connectivity index (χ3v) is 3.90. The zero-order chi connectivity index (χ0) is 10.0. The van der Waals surface area contributed by atoms with E-state index in [0.717, 1.165) is 0 Å². The topological polar surface area (TPSA) is 72.0 Å². The zero-order valence-corrected chi connectivity index (χ0v) is 8.37. The van der Waals surface area contributed by atoms with E-state index in [2.05, 4.69) is 15.3 Å². The number of sulfone groups is 1. The predicted octanol–water partition coefficient (Wildman–Crippen LogP) is 0.0756. The van der Waals surface area contributed by atoms with Gasteiger partial charge < -0.3 is 5.32 Å². The summed E-state index contributed by atoms with van der Waals surface area (Å²) in [4.78, 5) is 7.95. The normalized spacial score (nSPS) is 24.7. The van der Waals surface area contributed by atoms with Gasteiger partial charge in [0, 0.05) is 18.4 Å². The lowest BCUT2D eigenvalue weighted by atomic mass is 10.3. The fourth-order valence-corrected chi connectivity index (χ4v) is 3.14. The number of anilines is 1. The van der Waals surface area contributed by atoms with E-state index in [1.807, 2.05) is 0 Å². The van der Waals surface area contributed by atoms with Gasteiger partial charge in [-0.25, -0.2) is 18.4 Å². The van der Waals surface area contributed by atoms with E-state index in [-0.39, 0.29) is 17.5 Å². The van der Waals surface area contributed by atoms with Crippen LogP contribution in [0.4, 0.5) is 5.95 Å². The Morgan fingerprint density at radius 3 is 2.64 bits per heavy atom. The Hall–Kier alpha value is -1.17. The van der Waals surface area contributed by atoms with Crippen molar-refractivity contribution in [3.8, 4) is 0 Å². The largest absolute Gasteiger partial charge is 0.350 e. The van der Waals surface area contributed by atoms with Crippen molar-refractivity contribution in [1.82, 2.24) is 9.97 Å². The highest BCUT2D eigenvalue weighted by molar-refractivity contribution is 7.91. The van der Waals surface area contributed by atoms with E-state index in [9.17, 15) is 8.42 Å². The quantitative estimate of drug-likeness (QED) is 0.753. The Morgan fingerprint density at radius 1 is 1.36 bits per heavy atom. The second kappa shape index (κ2) is 3.53. The molecule has 2 heterocycles. The van der Waals surface area contributed by atoms with Crippen LogP contribution in [0.3, 0.4) is 0 Å². The molecule has 6 heteroatoms. The third-order valence-electron chi connectivity index (χ3n) is 2.13. The Kier molecular flexibility index (Phi) is 2.37. The molecule has 76 valence electrons. The van der Waals surface area contributed by atoms with Crippen LogP contribution in [0.25, 0.3) is 0 Å². The van der Waals surface area contributed by atoms with Crippen molar-refractivity contribution < 1.29 is 8.42 Å². The van der Waals surface area contributed by atoms with Gasteiger partial charge in [-0.3, -0.25) is 0 Å². The van der Waals surface area contributed by atoms with Crippen LogP contribution in [0, 0.1) is 0 Å². The molecule has 1 aromatic rings. The molecule has 1 unspecified atom stereocenters. The van der Waals surface area contributed by atoms with Gasteiger partial charge in [0.25, 0.3) is 0 Å². The number of hydrogen-bond acceptors (Lipinski definition) is 5. The Morgan fingerprint density at radius 2 is 2.07 bits per heavy atom. The van der Waals surface area contributed by atoms with Crippen LogP contribution >= 0.6 is 0 Å². The van der Waals surface area contributed by atoms with Crippen LogP contribution in [0.5, 0.6) is 0 Å². The summed E-state index contributed by atoms with van der Waals surface area (Å²) in [6.07, 6.45) is 3.89. The number of aromatic nitrogens is 2. The molecular weight excluding hydrogens is 202 g/mol. The molecule has 1 fully saturated rings. The van der Waals surface area contributed by atoms with E-state index in [0.29, 0.717) is 12.4 Å². The van der Waals surface area contributed by atoms with Crippen molar-refractivity contribution in [3.63, 3.8) is 0 Å². The highest BCUT2D eigenvalue weighted by atomic mass is 32.2. The molecule has 0 radical (unpaired) electrons. The highest BCUT2D eigenvalue weighted by Crippen LogP contribution is 2.14. The summed E-state index contributed by atoms with van der Waals surface area (Å²) in [5, 5.41) is 3.00. The van der Waals surface area contributed by atoms with Crippen LogP contribution in [0.2, 0.25) is 0 Å². The number of hydrogen-bond donors (Lipinski definition) is 1. The smallest absolute Gasteiger partial charge is 0.222 e. The lowest BCUT2D eigenvalue weighted by molar-refractivity contribution is 0.602. The molecule has 0 bridgehead atoms. The Labute approximate surface area is 82.5 Å². The maximum Gasteiger partial charge on any atom is 0.222 e. The predicted molar refractivity (Wildman–Crippen MR) is 52.7 cm³/mol. The maximum atomic E-state index is 11.2. The van der Waals surface area contributed by atoms with Gasteiger partial charge in [-0.15, -0.1) is 0 Å². The van der Waals surface area contributed by atoms with Gasteiger partial charge in [-0.1, -0.05) is 0 Å². The number of nitrogens with one attached hydrogen (secondary N) is 1. The average Bonchev–Trinajstić information content (AvgIpc) is 2.47. The first-order valence-electron chi connectivity index (χ1n) is 4.40. The van der Waals surface area contributed by atoms with Gasteiger partial charge in [-0.2, -0.15) is 0 Å². The lowest BCUT2D eigenvalue weighted by Gasteiger charge is -2.09. The molecule has 0 saturated carbocycles. The van der Waals surface area contributed by atoms with Gasteiger partial charge in [0.15, 0.2) is 9.84 Å². The third kappa shape index (κ3) is 2.20. The van der Waals surface area contributed by atoms with E-state index < -0.39 is 9.84 Å². The molecule has 1 saturated heterocycles. The second-order valence-corrected chi connectivity index (χ2v) is 5.55. The maximum absolute atomic E-state index is 11.2. The van der Waals surface area contributed by atoms with Crippen molar-refractivity contribution in [2.24, 2.45) is 0 Å². The molecule has 0 aromatic carbocycles. The SMILES string of the molecule is O=S1(=O)CCC(Nc2ncccn2)C1. The molecule has 1 aliphatic heterocycles. The summed E-state index contributed by atoms with van der Waals surface area (Å²) in [6.45, 7) is 0. The van der Waals surface area contributed by atoms with Crippen LogP contribution in [0.15, 0.2) is 18.5 Å². The summed E-state index contributed by atoms with van der Waals surface area (Å²) >= 11 is 0. The lowest BCUT2D eigenvalue weighted by Crippen LogP contribution is -2.21. The minimum absolute atomic E-state index is 0.0394. The van der Waals surface area contributed by atoms with Crippen molar-refractivity contribution in [2.75, 3.05) is 16.8 Å². The van der Waals surface area contributed by atoms with Gasteiger partial charge in [0.2, 0.25) is 5.95 Å². The molecule has 5 nitrogen and oxygen atoms in total. The van der Waals surface area contributed by atoms with Crippen molar-refractivity contribution in [3.05, 3.63) is 18.5 Å². The molecule has 1 N–H and O–H groups in total. The van der Waals surface area contributed by atoms with Crippen LogP contribution in [-0.4, -0.2) is 35.9 Å². The van der Waals surface area contributed by atoms with Crippen molar-refractivity contribution in [2.45, 2.75) is 12.5 Å². The molecule has 1 aromatic heterocycles. The minimum Gasteiger partial charge on any atom is -0.350 e.